The minimum Gasteiger partial charge on any atom is -0.368 e. The molecule has 0 atom stereocenters. The van der Waals surface area contributed by atoms with Crippen molar-refractivity contribution in [3.05, 3.63) is 36.2 Å². The van der Waals surface area contributed by atoms with Gasteiger partial charge in [-0.1, -0.05) is 12.1 Å². The van der Waals surface area contributed by atoms with Gasteiger partial charge in [0.25, 0.3) is 5.91 Å². The van der Waals surface area contributed by atoms with Crippen LogP contribution in [0.1, 0.15) is 42.5 Å². The average molecular weight is 574 g/mol. The zero-order valence-electron chi connectivity index (χ0n) is 24.3. The second kappa shape index (κ2) is 12.4. The molecular weight excluding hydrogens is 534 g/mol. The summed E-state index contributed by atoms with van der Waals surface area (Å²) in [5.41, 5.74) is 2.83. The third-order valence-corrected chi connectivity index (χ3v) is 8.50. The van der Waals surface area contributed by atoms with Crippen molar-refractivity contribution in [2.75, 3.05) is 71.3 Å². The molecule has 3 aliphatic heterocycles. The van der Waals surface area contributed by atoms with E-state index in [0.717, 1.165) is 64.1 Å². The van der Waals surface area contributed by atoms with Crippen LogP contribution in [0.3, 0.4) is 0 Å². The van der Waals surface area contributed by atoms with E-state index in [0.29, 0.717) is 67.4 Å². The fourth-order valence-corrected chi connectivity index (χ4v) is 5.90. The summed E-state index contributed by atoms with van der Waals surface area (Å²) in [6.07, 6.45) is 5.65. The Morgan fingerprint density at radius 3 is 2.21 bits per heavy atom. The molecular formula is C30H39N9O3. The Hall–Kier alpha value is -4.06. The number of benzene rings is 1. The van der Waals surface area contributed by atoms with Gasteiger partial charge in [-0.05, 0) is 38.4 Å². The van der Waals surface area contributed by atoms with Crippen LogP contribution in [0.2, 0.25) is 0 Å². The van der Waals surface area contributed by atoms with Gasteiger partial charge in [0.05, 0.1) is 6.33 Å². The molecule has 1 N–H and O–H groups in total. The summed E-state index contributed by atoms with van der Waals surface area (Å²) in [5, 5.41) is 3.44. The van der Waals surface area contributed by atoms with Crippen LogP contribution in [0.25, 0.3) is 22.6 Å². The van der Waals surface area contributed by atoms with Crippen LogP contribution in [-0.4, -0.2) is 123 Å². The minimum absolute atomic E-state index is 0.0411. The molecule has 0 spiro atoms. The van der Waals surface area contributed by atoms with Crippen molar-refractivity contribution in [2.45, 2.75) is 38.6 Å². The summed E-state index contributed by atoms with van der Waals surface area (Å²) in [4.78, 5) is 59.5. The Bertz CT molecular complexity index is 1450. The highest BCUT2D eigenvalue weighted by atomic mass is 16.2. The van der Waals surface area contributed by atoms with Crippen molar-refractivity contribution in [1.29, 1.82) is 0 Å². The van der Waals surface area contributed by atoms with Gasteiger partial charge in [0.2, 0.25) is 11.8 Å². The third kappa shape index (κ3) is 6.08. The second-order valence-electron chi connectivity index (χ2n) is 11.4. The summed E-state index contributed by atoms with van der Waals surface area (Å²) in [6, 6.07) is 7.49. The first kappa shape index (κ1) is 28.1. The van der Waals surface area contributed by atoms with Gasteiger partial charge in [0.1, 0.15) is 5.52 Å². The molecule has 0 unspecified atom stereocenters. The van der Waals surface area contributed by atoms with E-state index >= 15 is 0 Å². The summed E-state index contributed by atoms with van der Waals surface area (Å²) in [5.74, 6) is 1.64. The molecule has 3 aliphatic rings. The van der Waals surface area contributed by atoms with Crippen LogP contribution in [0, 0.1) is 0 Å². The number of rotatable bonds is 10. The van der Waals surface area contributed by atoms with E-state index < -0.39 is 0 Å². The van der Waals surface area contributed by atoms with Crippen molar-refractivity contribution in [3.63, 3.8) is 0 Å². The Labute approximate surface area is 245 Å². The van der Waals surface area contributed by atoms with Crippen molar-refractivity contribution in [2.24, 2.45) is 0 Å². The molecule has 3 saturated heterocycles. The van der Waals surface area contributed by atoms with Crippen LogP contribution in [0.4, 0.5) is 5.82 Å². The minimum atomic E-state index is 0.0411. The number of hydrogen-bond acceptors (Lipinski definition) is 8. The van der Waals surface area contributed by atoms with Gasteiger partial charge in [0.15, 0.2) is 17.3 Å². The van der Waals surface area contributed by atoms with Crippen molar-refractivity contribution in [3.8, 4) is 11.4 Å². The van der Waals surface area contributed by atoms with Crippen LogP contribution < -0.4 is 5.32 Å². The maximum absolute atomic E-state index is 13.1. The molecule has 0 radical (unpaired) electrons. The molecule has 5 heterocycles. The molecule has 3 amide bonds. The Morgan fingerprint density at radius 1 is 0.857 bits per heavy atom. The van der Waals surface area contributed by atoms with Crippen LogP contribution >= 0.6 is 0 Å². The number of piperazine rings is 1. The van der Waals surface area contributed by atoms with E-state index in [2.05, 4.69) is 22.2 Å². The number of carbonyl (C=O) groups excluding carboxylic acids is 3. The summed E-state index contributed by atoms with van der Waals surface area (Å²) in [6.45, 7) is 7.39. The maximum Gasteiger partial charge on any atom is 0.253 e. The van der Waals surface area contributed by atoms with Crippen LogP contribution in [0.15, 0.2) is 30.6 Å². The molecule has 3 fully saturated rings. The van der Waals surface area contributed by atoms with Gasteiger partial charge in [0, 0.05) is 89.4 Å². The molecule has 3 aromatic rings. The topological polar surface area (TPSA) is 120 Å². The molecule has 0 aliphatic carbocycles. The van der Waals surface area contributed by atoms with Gasteiger partial charge < -0.3 is 29.5 Å². The fraction of sp³-hybridized carbons (Fsp3) is 0.533. The summed E-state index contributed by atoms with van der Waals surface area (Å²) in [7, 11) is 2.07. The number of hydrogen-bond donors (Lipinski definition) is 1. The highest BCUT2D eigenvalue weighted by Gasteiger charge is 2.23. The number of likely N-dealkylation sites (tertiary alicyclic amines) is 2. The van der Waals surface area contributed by atoms with Gasteiger partial charge >= 0.3 is 0 Å². The molecule has 1 aromatic carbocycles. The van der Waals surface area contributed by atoms with Gasteiger partial charge in [-0.3, -0.25) is 14.4 Å². The van der Waals surface area contributed by atoms with E-state index in [1.807, 2.05) is 43.5 Å². The van der Waals surface area contributed by atoms with Crippen molar-refractivity contribution >= 4 is 34.7 Å². The highest BCUT2D eigenvalue weighted by molar-refractivity contribution is 5.95. The number of anilines is 1. The second-order valence-corrected chi connectivity index (χ2v) is 11.4. The van der Waals surface area contributed by atoms with Crippen LogP contribution in [0.5, 0.6) is 0 Å². The standard InChI is InChI=1S/C30H39N9O3/c1-35-15-17-38(18-16-35)30(42)23-9-7-22(8-10-23)27-33-28(31-11-4-14-36-12-2-5-24(36)40)26-29(34-27)39(21-32-26)20-19-37-13-3-6-25(37)41/h7-10,21H,2-6,11-20H2,1H3,(H,31,33,34). The smallest absolute Gasteiger partial charge is 0.253 e. The Kier molecular flexibility index (Phi) is 8.31. The van der Waals surface area contributed by atoms with E-state index in [9.17, 15) is 14.4 Å². The summed E-state index contributed by atoms with van der Waals surface area (Å²) >= 11 is 0. The predicted octanol–water partition coefficient (Wildman–Crippen LogP) is 1.93. The first-order valence-corrected chi connectivity index (χ1v) is 15.1. The van der Waals surface area contributed by atoms with E-state index in [-0.39, 0.29) is 17.7 Å². The van der Waals surface area contributed by atoms with Gasteiger partial charge in [-0.2, -0.15) is 0 Å². The lowest BCUT2D eigenvalue weighted by molar-refractivity contribution is -0.128. The van der Waals surface area contributed by atoms with Crippen LogP contribution in [-0.2, 0) is 16.1 Å². The number of nitrogens with zero attached hydrogens (tertiary/aromatic N) is 8. The Morgan fingerprint density at radius 2 is 1.55 bits per heavy atom. The zero-order chi connectivity index (χ0) is 29.1. The first-order valence-electron chi connectivity index (χ1n) is 15.1. The van der Waals surface area contributed by atoms with Crippen molar-refractivity contribution < 1.29 is 14.4 Å². The molecule has 222 valence electrons. The van der Waals surface area contributed by atoms with Gasteiger partial charge in [-0.25, -0.2) is 15.0 Å². The largest absolute Gasteiger partial charge is 0.368 e. The maximum atomic E-state index is 13.1. The average Bonchev–Trinajstić information content (AvgIpc) is 3.74. The predicted molar refractivity (Wildman–Crippen MR) is 159 cm³/mol. The lowest BCUT2D eigenvalue weighted by Gasteiger charge is -2.32. The number of imidazole rings is 1. The number of amides is 3. The molecule has 6 rings (SSSR count). The normalized spacial score (nSPS) is 18.1. The quantitative estimate of drug-likeness (QED) is 0.366. The molecule has 0 saturated carbocycles. The molecule has 0 bridgehead atoms. The van der Waals surface area contributed by atoms with Crippen molar-refractivity contribution in [1.82, 2.24) is 39.1 Å². The number of likely N-dealkylation sites (N-methyl/N-ethyl adjacent to an activating group) is 1. The van der Waals surface area contributed by atoms with E-state index in [1.165, 1.54) is 0 Å². The van der Waals surface area contributed by atoms with E-state index in [4.69, 9.17) is 9.97 Å². The zero-order valence-corrected chi connectivity index (χ0v) is 24.3. The number of carbonyl (C=O) groups is 3. The third-order valence-electron chi connectivity index (χ3n) is 8.50. The summed E-state index contributed by atoms with van der Waals surface area (Å²) < 4.78 is 1.98. The number of fused-ring (bicyclic) bond motifs is 1. The monoisotopic (exact) mass is 573 g/mol. The number of nitrogens with one attached hydrogen (secondary N) is 1. The van der Waals surface area contributed by atoms with E-state index in [1.54, 1.807) is 6.33 Å². The Balaban J connectivity index is 1.22. The highest BCUT2D eigenvalue weighted by Crippen LogP contribution is 2.25. The lowest BCUT2D eigenvalue weighted by Crippen LogP contribution is -2.47. The lowest BCUT2D eigenvalue weighted by atomic mass is 10.1. The molecule has 2 aromatic heterocycles. The van der Waals surface area contributed by atoms with Gasteiger partial charge in [-0.15, -0.1) is 0 Å². The molecule has 12 heteroatoms. The first-order chi connectivity index (χ1) is 20.5. The number of aromatic nitrogens is 4. The SMILES string of the molecule is CN1CCN(C(=O)c2ccc(-c3nc(NCCCN4CCCC4=O)c4ncn(CCN5CCCC5=O)c4n3)cc2)CC1. The molecule has 42 heavy (non-hydrogen) atoms. The molecule has 12 nitrogen and oxygen atoms in total. The fourth-order valence-electron chi connectivity index (χ4n) is 5.90.